The number of thiazole rings is 1. The molecule has 1 N–H and O–H groups in total. The second-order valence-corrected chi connectivity index (χ2v) is 6.87. The molecule has 5 nitrogen and oxygen atoms in total. The van der Waals surface area contributed by atoms with Crippen molar-refractivity contribution in [2.45, 2.75) is 52.0 Å². The third kappa shape index (κ3) is 4.33. The minimum atomic E-state index is -0.0425. The number of hydrogen-bond acceptors (Lipinski definition) is 5. The van der Waals surface area contributed by atoms with E-state index in [9.17, 15) is 4.79 Å². The highest BCUT2D eigenvalue weighted by Gasteiger charge is 2.31. The van der Waals surface area contributed by atoms with Crippen molar-refractivity contribution in [2.75, 3.05) is 0 Å². The highest BCUT2D eigenvalue weighted by molar-refractivity contribution is 7.09. The lowest BCUT2D eigenvalue weighted by molar-refractivity contribution is -0.132. The van der Waals surface area contributed by atoms with E-state index >= 15 is 0 Å². The molecule has 1 fully saturated rings. The number of carbonyl (C=O) groups excluding carboxylic acids is 1. The van der Waals surface area contributed by atoms with Crippen LogP contribution in [0.2, 0.25) is 0 Å². The molecule has 128 valence electrons. The highest BCUT2D eigenvalue weighted by atomic mass is 32.1. The lowest BCUT2D eigenvalue weighted by Crippen LogP contribution is -2.31. The van der Waals surface area contributed by atoms with Gasteiger partial charge in [0.1, 0.15) is 17.4 Å². The Labute approximate surface area is 145 Å². The van der Waals surface area contributed by atoms with Crippen LogP contribution in [-0.4, -0.2) is 26.9 Å². The maximum Gasteiger partial charge on any atom is 0.222 e. The van der Waals surface area contributed by atoms with Crippen LogP contribution in [0.25, 0.3) is 0 Å². The molecule has 3 rings (SSSR count). The van der Waals surface area contributed by atoms with Crippen molar-refractivity contribution >= 4 is 17.2 Å². The van der Waals surface area contributed by atoms with Crippen molar-refractivity contribution in [3.8, 4) is 5.75 Å². The average molecular weight is 346 g/mol. The Bertz CT molecular complexity index is 680. The fraction of sp³-hybridized carbons (Fsp3) is 0.444. The van der Waals surface area contributed by atoms with Crippen molar-refractivity contribution in [1.82, 2.24) is 9.88 Å². The second kappa shape index (κ2) is 7.77. The van der Waals surface area contributed by atoms with E-state index in [0.717, 1.165) is 29.2 Å². The predicted molar refractivity (Wildman–Crippen MR) is 92.7 cm³/mol. The van der Waals surface area contributed by atoms with Gasteiger partial charge in [0.05, 0.1) is 12.3 Å². The van der Waals surface area contributed by atoms with E-state index in [1.54, 1.807) is 0 Å². The van der Waals surface area contributed by atoms with Crippen LogP contribution in [0.3, 0.4) is 0 Å². The summed E-state index contributed by atoms with van der Waals surface area (Å²) in [7, 11) is 0. The molecule has 0 radical (unpaired) electrons. The number of amides is 1. The minimum Gasteiger partial charge on any atom is -0.486 e. The van der Waals surface area contributed by atoms with Gasteiger partial charge in [0.2, 0.25) is 5.91 Å². The molecular formula is C18H22N2O3S. The smallest absolute Gasteiger partial charge is 0.222 e. The summed E-state index contributed by atoms with van der Waals surface area (Å²) >= 11 is 1.48. The SMILES string of the molecule is CCC(=O)N(Cc1ccc(OCc2nc(CO)cs2)cc1)C1CC1. The number of aromatic nitrogens is 1. The van der Waals surface area contributed by atoms with Crippen molar-refractivity contribution in [3.05, 3.63) is 45.9 Å². The molecule has 0 spiro atoms. The van der Waals surface area contributed by atoms with Gasteiger partial charge in [-0.2, -0.15) is 0 Å². The number of nitrogens with zero attached hydrogens (tertiary/aromatic N) is 2. The summed E-state index contributed by atoms with van der Waals surface area (Å²) in [6, 6.07) is 8.30. The van der Waals surface area contributed by atoms with Crippen LogP contribution in [0.4, 0.5) is 0 Å². The summed E-state index contributed by atoms with van der Waals surface area (Å²) in [4.78, 5) is 18.3. The first-order valence-electron chi connectivity index (χ1n) is 8.25. The monoisotopic (exact) mass is 346 g/mol. The van der Waals surface area contributed by atoms with Gasteiger partial charge in [-0.25, -0.2) is 4.98 Å². The molecule has 1 aliphatic carbocycles. The van der Waals surface area contributed by atoms with E-state index in [-0.39, 0.29) is 12.5 Å². The quantitative estimate of drug-likeness (QED) is 0.798. The molecule has 0 atom stereocenters. The van der Waals surface area contributed by atoms with Gasteiger partial charge in [0, 0.05) is 24.4 Å². The van der Waals surface area contributed by atoms with Crippen molar-refractivity contribution < 1.29 is 14.6 Å². The summed E-state index contributed by atoms with van der Waals surface area (Å²) in [5.74, 6) is 1.00. The van der Waals surface area contributed by atoms with Crippen LogP contribution in [0, 0.1) is 0 Å². The summed E-state index contributed by atoms with van der Waals surface area (Å²) in [5.41, 5.74) is 1.79. The van der Waals surface area contributed by atoms with Gasteiger partial charge in [-0.15, -0.1) is 11.3 Å². The van der Waals surface area contributed by atoms with Gasteiger partial charge in [-0.3, -0.25) is 4.79 Å². The zero-order valence-electron chi connectivity index (χ0n) is 13.8. The molecule has 1 aromatic carbocycles. The van der Waals surface area contributed by atoms with Crippen LogP contribution in [-0.2, 0) is 24.6 Å². The molecule has 0 aliphatic heterocycles. The van der Waals surface area contributed by atoms with Gasteiger partial charge < -0.3 is 14.7 Å². The highest BCUT2D eigenvalue weighted by Crippen LogP contribution is 2.29. The molecule has 1 aliphatic rings. The van der Waals surface area contributed by atoms with Gasteiger partial charge in [-0.05, 0) is 30.5 Å². The Hall–Kier alpha value is -1.92. The van der Waals surface area contributed by atoms with Gasteiger partial charge in [0.25, 0.3) is 0 Å². The average Bonchev–Trinajstić information content (AvgIpc) is 3.35. The fourth-order valence-corrected chi connectivity index (χ4v) is 3.23. The normalized spacial score (nSPS) is 13.8. The lowest BCUT2D eigenvalue weighted by atomic mass is 10.2. The van der Waals surface area contributed by atoms with Crippen molar-refractivity contribution in [3.63, 3.8) is 0 Å². The van der Waals surface area contributed by atoms with Gasteiger partial charge in [0.15, 0.2) is 0 Å². The molecule has 24 heavy (non-hydrogen) atoms. The van der Waals surface area contributed by atoms with E-state index in [0.29, 0.717) is 31.3 Å². The Kier molecular flexibility index (Phi) is 5.48. The molecule has 0 bridgehead atoms. The number of ether oxygens (including phenoxy) is 1. The summed E-state index contributed by atoms with van der Waals surface area (Å²) in [6.07, 6.45) is 2.80. The van der Waals surface area contributed by atoms with E-state index in [1.165, 1.54) is 11.3 Å². The van der Waals surface area contributed by atoms with Gasteiger partial charge >= 0.3 is 0 Å². The summed E-state index contributed by atoms with van der Waals surface area (Å²) in [6.45, 7) is 2.94. The topological polar surface area (TPSA) is 62.7 Å². The van der Waals surface area contributed by atoms with E-state index in [1.807, 2.05) is 41.5 Å². The van der Waals surface area contributed by atoms with Crippen LogP contribution in [0.15, 0.2) is 29.6 Å². The van der Waals surface area contributed by atoms with Crippen LogP contribution < -0.4 is 4.74 Å². The fourth-order valence-electron chi connectivity index (χ4n) is 2.53. The molecular weight excluding hydrogens is 324 g/mol. The number of carbonyl (C=O) groups is 1. The van der Waals surface area contributed by atoms with Gasteiger partial charge in [-0.1, -0.05) is 19.1 Å². The number of aliphatic hydroxyl groups excluding tert-OH is 1. The van der Waals surface area contributed by atoms with E-state index in [2.05, 4.69) is 4.98 Å². The largest absolute Gasteiger partial charge is 0.486 e. The summed E-state index contributed by atoms with van der Waals surface area (Å²) < 4.78 is 5.72. The lowest BCUT2D eigenvalue weighted by Gasteiger charge is -2.22. The van der Waals surface area contributed by atoms with Crippen molar-refractivity contribution in [2.24, 2.45) is 0 Å². The number of hydrogen-bond donors (Lipinski definition) is 1. The molecule has 6 heteroatoms. The molecule has 1 saturated carbocycles. The first kappa shape index (κ1) is 16.9. The van der Waals surface area contributed by atoms with E-state index in [4.69, 9.17) is 9.84 Å². The molecule has 0 unspecified atom stereocenters. The predicted octanol–water partition coefficient (Wildman–Crippen LogP) is 3.12. The number of benzene rings is 1. The maximum absolute atomic E-state index is 12.0. The molecule has 1 heterocycles. The Balaban J connectivity index is 1.55. The Morgan fingerprint density at radius 2 is 2.12 bits per heavy atom. The van der Waals surface area contributed by atoms with Crippen LogP contribution in [0.1, 0.15) is 42.5 Å². The number of aliphatic hydroxyl groups is 1. The summed E-state index contributed by atoms with van der Waals surface area (Å²) in [5, 5.41) is 11.7. The first-order valence-corrected chi connectivity index (χ1v) is 9.13. The Morgan fingerprint density at radius 3 is 2.71 bits per heavy atom. The maximum atomic E-state index is 12.0. The first-order chi connectivity index (χ1) is 11.7. The van der Waals surface area contributed by atoms with Crippen molar-refractivity contribution in [1.29, 1.82) is 0 Å². The molecule has 1 aromatic heterocycles. The molecule has 0 saturated heterocycles. The van der Waals surface area contributed by atoms with Crippen LogP contribution >= 0.6 is 11.3 Å². The Morgan fingerprint density at radius 1 is 1.38 bits per heavy atom. The third-order valence-corrected chi connectivity index (χ3v) is 4.88. The zero-order valence-corrected chi connectivity index (χ0v) is 14.6. The molecule has 1 amide bonds. The third-order valence-electron chi connectivity index (χ3n) is 4.01. The van der Waals surface area contributed by atoms with E-state index < -0.39 is 0 Å². The minimum absolute atomic E-state index is 0.0425. The second-order valence-electron chi connectivity index (χ2n) is 5.93. The van der Waals surface area contributed by atoms with Crippen LogP contribution in [0.5, 0.6) is 5.75 Å². The molecule has 2 aromatic rings. The zero-order chi connectivity index (χ0) is 16.9. The number of rotatable bonds is 8. The standard InChI is InChI=1S/C18H22N2O3S/c1-2-18(22)20(15-5-6-15)9-13-3-7-16(8-4-13)23-11-17-19-14(10-21)12-24-17/h3-4,7-8,12,15,21H,2,5-6,9-11H2,1H3.